The van der Waals surface area contributed by atoms with Gasteiger partial charge in [0.05, 0.1) is 6.10 Å². The van der Waals surface area contributed by atoms with Gasteiger partial charge >= 0.3 is 0 Å². The van der Waals surface area contributed by atoms with Crippen LogP contribution in [0.15, 0.2) is 0 Å². The number of β-amino-alcohol motifs (C(OH)–C–C–N with tert-alkyl or cyclic N) is 1. The summed E-state index contributed by atoms with van der Waals surface area (Å²) in [5.41, 5.74) is 0. The summed E-state index contributed by atoms with van der Waals surface area (Å²) in [6.07, 6.45) is 0.275. The molecule has 0 spiro atoms. The summed E-state index contributed by atoms with van der Waals surface area (Å²) in [6, 6.07) is 0. The molecule has 5 nitrogen and oxygen atoms in total. The van der Waals surface area contributed by atoms with Gasteiger partial charge in [0.2, 0.25) is 5.01 Å². The van der Waals surface area contributed by atoms with E-state index in [-0.39, 0.29) is 12.0 Å². The van der Waals surface area contributed by atoms with Gasteiger partial charge in [-0.3, -0.25) is 4.79 Å². The van der Waals surface area contributed by atoms with Gasteiger partial charge in [-0.25, -0.2) is 4.98 Å². The molecule has 2 heterocycles. The fourth-order valence-corrected chi connectivity index (χ4v) is 2.09. The molecule has 2 rings (SSSR count). The van der Waals surface area contributed by atoms with Crippen LogP contribution in [-0.2, 0) is 0 Å². The van der Waals surface area contributed by atoms with Crippen molar-refractivity contribution < 1.29 is 9.90 Å². The van der Waals surface area contributed by atoms with Crippen molar-refractivity contribution in [3.8, 4) is 0 Å². The molecular weight excluding hydrogens is 202 g/mol. The molecule has 0 aromatic carbocycles. The molecule has 1 atom stereocenters. The van der Waals surface area contributed by atoms with E-state index >= 15 is 0 Å². The fourth-order valence-electron chi connectivity index (χ4n) is 1.45. The lowest BCUT2D eigenvalue weighted by Crippen LogP contribution is -2.29. The van der Waals surface area contributed by atoms with Gasteiger partial charge in [0, 0.05) is 13.1 Å². The van der Waals surface area contributed by atoms with Crippen LogP contribution in [0.3, 0.4) is 0 Å². The second-order valence-corrected chi connectivity index (χ2v) is 4.09. The van der Waals surface area contributed by atoms with Gasteiger partial charge in [-0.2, -0.15) is 4.37 Å². The van der Waals surface area contributed by atoms with E-state index in [1.807, 2.05) is 0 Å². The van der Waals surface area contributed by atoms with Gasteiger partial charge in [-0.1, -0.05) is 0 Å². The van der Waals surface area contributed by atoms with Crippen LogP contribution in [0.25, 0.3) is 0 Å². The van der Waals surface area contributed by atoms with Crippen LogP contribution in [0.2, 0.25) is 0 Å². The van der Waals surface area contributed by atoms with Crippen molar-refractivity contribution in [2.75, 3.05) is 13.1 Å². The minimum atomic E-state index is -0.382. The number of rotatable bonds is 1. The number of carbonyl (C=O) groups is 1. The zero-order valence-corrected chi connectivity index (χ0v) is 8.62. The largest absolute Gasteiger partial charge is 0.391 e. The Kier molecular flexibility index (Phi) is 2.47. The lowest BCUT2D eigenvalue weighted by atomic mass is 10.3. The number of likely N-dealkylation sites (tertiary alicyclic amines) is 1. The molecule has 0 bridgehead atoms. The molecule has 0 radical (unpaired) electrons. The topological polar surface area (TPSA) is 66.3 Å². The molecule has 1 N–H and O–H groups in total. The van der Waals surface area contributed by atoms with E-state index < -0.39 is 0 Å². The average molecular weight is 213 g/mol. The smallest absolute Gasteiger partial charge is 0.284 e. The normalized spacial score (nSPS) is 21.6. The van der Waals surface area contributed by atoms with Crippen molar-refractivity contribution in [3.63, 3.8) is 0 Å². The van der Waals surface area contributed by atoms with E-state index in [1.54, 1.807) is 11.8 Å². The Hall–Kier alpha value is -1.01. The highest BCUT2D eigenvalue weighted by atomic mass is 32.1. The Balaban J connectivity index is 2.09. The molecule has 0 saturated carbocycles. The van der Waals surface area contributed by atoms with E-state index in [1.165, 1.54) is 0 Å². The molecule has 6 heteroatoms. The van der Waals surface area contributed by atoms with Crippen LogP contribution < -0.4 is 0 Å². The molecule has 14 heavy (non-hydrogen) atoms. The average Bonchev–Trinajstić information content (AvgIpc) is 2.73. The van der Waals surface area contributed by atoms with E-state index in [2.05, 4.69) is 9.36 Å². The van der Waals surface area contributed by atoms with Crippen LogP contribution in [0.4, 0.5) is 0 Å². The third kappa shape index (κ3) is 1.76. The third-order valence-electron chi connectivity index (χ3n) is 2.16. The van der Waals surface area contributed by atoms with Gasteiger partial charge < -0.3 is 10.0 Å². The number of amides is 1. The quantitative estimate of drug-likeness (QED) is 0.716. The minimum Gasteiger partial charge on any atom is -0.391 e. The Morgan fingerprint density at radius 3 is 3.00 bits per heavy atom. The first-order valence-corrected chi connectivity index (χ1v) is 5.22. The van der Waals surface area contributed by atoms with Crippen LogP contribution in [0, 0.1) is 6.92 Å². The molecule has 1 aliphatic heterocycles. The van der Waals surface area contributed by atoms with Crippen LogP contribution in [-0.4, -0.2) is 44.5 Å². The van der Waals surface area contributed by atoms with Crippen molar-refractivity contribution in [2.45, 2.75) is 19.4 Å². The number of hydrogen-bond donors (Lipinski definition) is 1. The lowest BCUT2D eigenvalue weighted by molar-refractivity contribution is 0.0764. The number of hydrogen-bond acceptors (Lipinski definition) is 5. The standard InChI is InChI=1S/C8H11N3O2S/c1-5-9-7(14-10-5)8(13)11-3-2-6(12)4-11/h6,12H,2-4H2,1H3. The zero-order valence-electron chi connectivity index (χ0n) is 7.80. The first kappa shape index (κ1) is 9.54. The van der Waals surface area contributed by atoms with Gasteiger partial charge in [0.25, 0.3) is 5.91 Å². The van der Waals surface area contributed by atoms with Gasteiger partial charge in [0.15, 0.2) is 0 Å². The van der Waals surface area contributed by atoms with E-state index in [4.69, 9.17) is 0 Å². The molecule has 76 valence electrons. The molecule has 1 unspecified atom stereocenters. The highest BCUT2D eigenvalue weighted by molar-refractivity contribution is 7.07. The van der Waals surface area contributed by atoms with Gasteiger partial charge in [-0.05, 0) is 24.9 Å². The second kappa shape index (κ2) is 3.62. The minimum absolute atomic E-state index is 0.118. The SMILES string of the molecule is Cc1nsc(C(=O)N2CCC(O)C2)n1. The summed E-state index contributed by atoms with van der Waals surface area (Å²) >= 11 is 1.11. The fraction of sp³-hybridized carbons (Fsp3) is 0.625. The molecule has 1 saturated heterocycles. The van der Waals surface area contributed by atoms with Crippen molar-refractivity contribution in [1.82, 2.24) is 14.3 Å². The Morgan fingerprint density at radius 1 is 1.71 bits per heavy atom. The zero-order chi connectivity index (χ0) is 10.1. The first-order chi connectivity index (χ1) is 6.66. The van der Waals surface area contributed by atoms with Crippen LogP contribution in [0.5, 0.6) is 0 Å². The summed E-state index contributed by atoms with van der Waals surface area (Å²) in [7, 11) is 0. The molecule has 1 aromatic heterocycles. The van der Waals surface area contributed by atoms with E-state index in [9.17, 15) is 9.90 Å². The number of aliphatic hydroxyl groups excluding tert-OH is 1. The molecule has 1 aliphatic rings. The Morgan fingerprint density at radius 2 is 2.50 bits per heavy atom. The number of nitrogens with zero attached hydrogens (tertiary/aromatic N) is 3. The number of aromatic nitrogens is 2. The highest BCUT2D eigenvalue weighted by Gasteiger charge is 2.27. The Labute approximate surface area is 85.6 Å². The lowest BCUT2D eigenvalue weighted by Gasteiger charge is -2.12. The summed E-state index contributed by atoms with van der Waals surface area (Å²) in [5, 5.41) is 9.69. The van der Waals surface area contributed by atoms with Crippen LogP contribution >= 0.6 is 11.5 Å². The first-order valence-electron chi connectivity index (χ1n) is 4.44. The van der Waals surface area contributed by atoms with Crippen LogP contribution in [0.1, 0.15) is 22.0 Å². The van der Waals surface area contributed by atoms with Crippen molar-refractivity contribution in [1.29, 1.82) is 0 Å². The maximum atomic E-state index is 11.7. The number of aryl methyl sites for hydroxylation is 1. The molecular formula is C8H11N3O2S. The maximum absolute atomic E-state index is 11.7. The maximum Gasteiger partial charge on any atom is 0.284 e. The molecule has 1 aromatic rings. The van der Waals surface area contributed by atoms with E-state index in [0.717, 1.165) is 11.5 Å². The van der Waals surface area contributed by atoms with Crippen molar-refractivity contribution in [3.05, 3.63) is 10.8 Å². The summed E-state index contributed by atoms with van der Waals surface area (Å²) < 4.78 is 3.95. The van der Waals surface area contributed by atoms with E-state index in [0.29, 0.717) is 30.3 Å². The summed E-state index contributed by atoms with van der Waals surface area (Å²) in [6.45, 7) is 2.78. The summed E-state index contributed by atoms with van der Waals surface area (Å²) in [5.74, 6) is 0.505. The second-order valence-electron chi connectivity index (χ2n) is 3.34. The predicted molar refractivity (Wildman–Crippen MR) is 51.2 cm³/mol. The molecule has 1 fully saturated rings. The number of aliphatic hydroxyl groups is 1. The van der Waals surface area contributed by atoms with Crippen molar-refractivity contribution >= 4 is 17.4 Å². The molecule has 0 aliphatic carbocycles. The molecule has 1 amide bonds. The number of carbonyl (C=O) groups excluding carboxylic acids is 1. The predicted octanol–water partition coefficient (Wildman–Crippen LogP) is 0.0533. The van der Waals surface area contributed by atoms with Gasteiger partial charge in [-0.15, -0.1) is 0 Å². The Bertz CT molecular complexity index is 352. The van der Waals surface area contributed by atoms with Gasteiger partial charge in [0.1, 0.15) is 5.82 Å². The monoisotopic (exact) mass is 213 g/mol. The third-order valence-corrected chi connectivity index (χ3v) is 2.96. The highest BCUT2D eigenvalue weighted by Crippen LogP contribution is 2.14. The summed E-state index contributed by atoms with van der Waals surface area (Å²) in [4.78, 5) is 17.4. The van der Waals surface area contributed by atoms with Crippen molar-refractivity contribution in [2.24, 2.45) is 0 Å².